The van der Waals surface area contributed by atoms with E-state index in [-0.39, 0.29) is 29.5 Å². The molecule has 0 aromatic carbocycles. The summed E-state index contributed by atoms with van der Waals surface area (Å²) in [5.74, 6) is 0.508. The summed E-state index contributed by atoms with van der Waals surface area (Å²) in [5, 5.41) is 15.8. The number of amides is 1. The predicted octanol–water partition coefficient (Wildman–Crippen LogP) is 0.896. The first-order chi connectivity index (χ1) is 7.78. The number of nitrogens with one attached hydrogen (secondary N) is 2. The van der Waals surface area contributed by atoms with Gasteiger partial charge in [0.05, 0.1) is 12.1 Å². The van der Waals surface area contributed by atoms with Crippen molar-refractivity contribution in [2.24, 2.45) is 11.3 Å². The van der Waals surface area contributed by atoms with Crippen LogP contribution in [0.25, 0.3) is 0 Å². The Kier molecular flexibility index (Phi) is 4.55. The Morgan fingerprint density at radius 2 is 2.06 bits per heavy atom. The highest BCUT2D eigenvalue weighted by atomic mass is 16.3. The van der Waals surface area contributed by atoms with Gasteiger partial charge in [-0.3, -0.25) is 4.79 Å². The maximum atomic E-state index is 11.8. The molecule has 1 aliphatic carbocycles. The molecule has 1 amide bonds. The predicted molar refractivity (Wildman–Crippen MR) is 68.6 cm³/mol. The number of carbonyl (C=O) groups is 1. The molecule has 4 heteroatoms. The van der Waals surface area contributed by atoms with Crippen molar-refractivity contribution in [2.45, 2.75) is 58.7 Å². The van der Waals surface area contributed by atoms with Gasteiger partial charge >= 0.3 is 0 Å². The molecule has 0 saturated heterocycles. The van der Waals surface area contributed by atoms with Crippen molar-refractivity contribution in [3.8, 4) is 0 Å². The number of carbonyl (C=O) groups excluding carboxylic acids is 1. The minimum absolute atomic E-state index is 0.0379. The lowest BCUT2D eigenvalue weighted by Gasteiger charge is -2.50. The van der Waals surface area contributed by atoms with Crippen molar-refractivity contribution < 1.29 is 9.90 Å². The summed E-state index contributed by atoms with van der Waals surface area (Å²) in [6.07, 6.45) is 1.30. The summed E-state index contributed by atoms with van der Waals surface area (Å²) in [7, 11) is 1.66. The Morgan fingerprint density at radius 3 is 2.41 bits per heavy atom. The van der Waals surface area contributed by atoms with E-state index in [0.29, 0.717) is 5.92 Å². The van der Waals surface area contributed by atoms with E-state index in [1.807, 2.05) is 13.8 Å². The van der Waals surface area contributed by atoms with Crippen LogP contribution in [0, 0.1) is 11.3 Å². The molecule has 1 rings (SSSR count). The molecule has 0 heterocycles. The smallest absolute Gasteiger partial charge is 0.236 e. The zero-order valence-electron chi connectivity index (χ0n) is 11.6. The van der Waals surface area contributed by atoms with Crippen LogP contribution in [0.3, 0.4) is 0 Å². The minimum Gasteiger partial charge on any atom is -0.392 e. The van der Waals surface area contributed by atoms with Crippen molar-refractivity contribution >= 4 is 5.91 Å². The van der Waals surface area contributed by atoms with Crippen LogP contribution < -0.4 is 10.6 Å². The third kappa shape index (κ3) is 3.19. The third-order valence-corrected chi connectivity index (χ3v) is 3.89. The van der Waals surface area contributed by atoms with Gasteiger partial charge in [-0.1, -0.05) is 27.7 Å². The Hall–Kier alpha value is -0.610. The van der Waals surface area contributed by atoms with E-state index in [1.165, 1.54) is 0 Å². The average molecular weight is 242 g/mol. The van der Waals surface area contributed by atoms with Crippen molar-refractivity contribution in [3.05, 3.63) is 0 Å². The molecule has 0 radical (unpaired) electrons. The molecule has 1 fully saturated rings. The number of aliphatic hydroxyl groups excluding tert-OH is 1. The van der Waals surface area contributed by atoms with E-state index in [1.54, 1.807) is 7.05 Å². The maximum absolute atomic E-state index is 11.8. The molecule has 1 aliphatic rings. The molecule has 3 atom stereocenters. The lowest BCUT2D eigenvalue weighted by Crippen LogP contribution is -2.63. The van der Waals surface area contributed by atoms with E-state index in [9.17, 15) is 9.90 Å². The van der Waals surface area contributed by atoms with Gasteiger partial charge in [-0.05, 0) is 18.8 Å². The van der Waals surface area contributed by atoms with Crippen LogP contribution in [0.5, 0.6) is 0 Å². The van der Waals surface area contributed by atoms with Crippen LogP contribution in [0.1, 0.15) is 40.5 Å². The summed E-state index contributed by atoms with van der Waals surface area (Å²) in [6.45, 7) is 8.29. The van der Waals surface area contributed by atoms with Gasteiger partial charge in [-0.2, -0.15) is 0 Å². The van der Waals surface area contributed by atoms with Crippen LogP contribution in [0.4, 0.5) is 0 Å². The quantitative estimate of drug-likeness (QED) is 0.671. The zero-order valence-corrected chi connectivity index (χ0v) is 11.6. The number of aliphatic hydroxyl groups is 1. The molecular weight excluding hydrogens is 216 g/mol. The summed E-state index contributed by atoms with van der Waals surface area (Å²) in [4.78, 5) is 11.8. The average Bonchev–Trinajstić information content (AvgIpc) is 2.25. The van der Waals surface area contributed by atoms with Gasteiger partial charge in [0.1, 0.15) is 0 Å². The topological polar surface area (TPSA) is 61.4 Å². The molecule has 0 bridgehead atoms. The summed E-state index contributed by atoms with van der Waals surface area (Å²) >= 11 is 0. The fraction of sp³-hybridized carbons (Fsp3) is 0.923. The number of hydrogen-bond acceptors (Lipinski definition) is 3. The van der Waals surface area contributed by atoms with Crippen molar-refractivity contribution in [3.63, 3.8) is 0 Å². The van der Waals surface area contributed by atoms with Gasteiger partial charge in [-0.15, -0.1) is 0 Å². The van der Waals surface area contributed by atoms with Gasteiger partial charge < -0.3 is 15.7 Å². The molecule has 3 unspecified atom stereocenters. The summed E-state index contributed by atoms with van der Waals surface area (Å²) in [6, 6.07) is 0.0651. The van der Waals surface area contributed by atoms with Gasteiger partial charge in [-0.25, -0.2) is 0 Å². The zero-order chi connectivity index (χ0) is 13.2. The summed E-state index contributed by atoms with van der Waals surface area (Å²) in [5.41, 5.74) is -0.136. The highest BCUT2D eigenvalue weighted by Gasteiger charge is 2.48. The molecule has 3 N–H and O–H groups in total. The third-order valence-electron chi connectivity index (χ3n) is 3.89. The first kappa shape index (κ1) is 14.5. The first-order valence-electron chi connectivity index (χ1n) is 6.44. The molecule has 0 aromatic heterocycles. The lowest BCUT2D eigenvalue weighted by atomic mass is 9.64. The van der Waals surface area contributed by atoms with Gasteiger partial charge in [0.2, 0.25) is 5.91 Å². The molecule has 1 saturated carbocycles. The highest BCUT2D eigenvalue weighted by Crippen LogP contribution is 2.40. The molecule has 0 aliphatic heterocycles. The van der Waals surface area contributed by atoms with Crippen molar-refractivity contribution in [1.82, 2.24) is 10.6 Å². The van der Waals surface area contributed by atoms with Crippen LogP contribution >= 0.6 is 0 Å². The van der Waals surface area contributed by atoms with Crippen LogP contribution in [-0.4, -0.2) is 36.2 Å². The van der Waals surface area contributed by atoms with Crippen LogP contribution in [0.2, 0.25) is 0 Å². The van der Waals surface area contributed by atoms with Crippen molar-refractivity contribution in [1.29, 1.82) is 0 Å². The van der Waals surface area contributed by atoms with Crippen LogP contribution in [0.15, 0.2) is 0 Å². The number of rotatable bonds is 5. The largest absolute Gasteiger partial charge is 0.392 e. The second-order valence-electron chi connectivity index (χ2n) is 6.09. The standard InChI is InChI=1S/C13H26N2O2/c1-8(2)6-9(12(17)14-5)15-10-7-11(16)13(10,3)4/h8-11,15-16H,6-7H2,1-5H3,(H,14,17). The number of hydrogen-bond donors (Lipinski definition) is 3. The number of likely N-dealkylation sites (N-methyl/N-ethyl adjacent to an activating group) is 1. The first-order valence-corrected chi connectivity index (χ1v) is 6.44. The lowest BCUT2D eigenvalue weighted by molar-refractivity contribution is -0.126. The highest BCUT2D eigenvalue weighted by molar-refractivity contribution is 5.81. The van der Waals surface area contributed by atoms with Crippen LogP contribution in [-0.2, 0) is 4.79 Å². The maximum Gasteiger partial charge on any atom is 0.236 e. The van der Waals surface area contributed by atoms with E-state index < -0.39 is 0 Å². The fourth-order valence-electron chi connectivity index (χ4n) is 2.32. The second-order valence-corrected chi connectivity index (χ2v) is 6.09. The normalized spacial score (nSPS) is 28.6. The molecule has 100 valence electrons. The Labute approximate surface area is 104 Å². The second kappa shape index (κ2) is 5.36. The molecule has 0 spiro atoms. The van der Waals surface area contributed by atoms with Crippen molar-refractivity contribution in [2.75, 3.05) is 7.05 Å². The van der Waals surface area contributed by atoms with E-state index >= 15 is 0 Å². The Balaban J connectivity index is 2.58. The van der Waals surface area contributed by atoms with Gasteiger partial charge in [0, 0.05) is 18.5 Å². The van der Waals surface area contributed by atoms with E-state index in [4.69, 9.17) is 0 Å². The molecule has 4 nitrogen and oxygen atoms in total. The SMILES string of the molecule is CNC(=O)C(CC(C)C)NC1CC(O)C1(C)C. The summed E-state index contributed by atoms with van der Waals surface area (Å²) < 4.78 is 0. The minimum atomic E-state index is -0.260. The van der Waals surface area contributed by atoms with E-state index in [0.717, 1.165) is 12.8 Å². The van der Waals surface area contributed by atoms with Gasteiger partial charge in [0.15, 0.2) is 0 Å². The molecule has 17 heavy (non-hydrogen) atoms. The monoisotopic (exact) mass is 242 g/mol. The Morgan fingerprint density at radius 1 is 1.47 bits per heavy atom. The fourth-order valence-corrected chi connectivity index (χ4v) is 2.32. The Bertz CT molecular complexity index is 277. The van der Waals surface area contributed by atoms with E-state index in [2.05, 4.69) is 24.5 Å². The van der Waals surface area contributed by atoms with Gasteiger partial charge in [0.25, 0.3) is 0 Å². The molecular formula is C13H26N2O2. The molecule has 0 aromatic rings.